The van der Waals surface area contributed by atoms with Crippen LogP contribution in [0.25, 0.3) is 0 Å². The smallest absolute Gasteiger partial charge is 0.550 e. The van der Waals surface area contributed by atoms with E-state index in [1.54, 1.807) is 0 Å². The number of carboxylic acids is 1. The fourth-order valence-corrected chi connectivity index (χ4v) is 1.66. The maximum atomic E-state index is 10.7. The molecule has 19 heavy (non-hydrogen) atoms. The van der Waals surface area contributed by atoms with Crippen molar-refractivity contribution >= 4 is 11.9 Å². The Hall–Kier alpha value is -0.320. The standard InChI is InChI=1S/C14H24O4.Na/c1-2-14(17)18-12-10-8-6-4-3-5-7-9-11-13(15)16;/h2H,1,3-12H2,(H,15,16);/q;+1/p-1. The summed E-state index contributed by atoms with van der Waals surface area (Å²) in [6.45, 7) is 3.79. The van der Waals surface area contributed by atoms with Crippen LogP contribution in [0.5, 0.6) is 0 Å². The Morgan fingerprint density at radius 1 is 0.947 bits per heavy atom. The molecule has 0 N–H and O–H groups in total. The molecule has 0 aliphatic heterocycles. The van der Waals surface area contributed by atoms with Crippen molar-refractivity contribution in [3.63, 3.8) is 0 Å². The Morgan fingerprint density at radius 3 is 1.89 bits per heavy atom. The van der Waals surface area contributed by atoms with Crippen molar-refractivity contribution in [2.45, 2.75) is 57.8 Å². The Kier molecular flexibility index (Phi) is 17.4. The molecule has 0 spiro atoms. The zero-order valence-corrected chi connectivity index (χ0v) is 14.0. The van der Waals surface area contributed by atoms with E-state index >= 15 is 0 Å². The van der Waals surface area contributed by atoms with Crippen LogP contribution in [0.2, 0.25) is 0 Å². The van der Waals surface area contributed by atoms with Crippen LogP contribution in [-0.4, -0.2) is 18.5 Å². The number of carboxylic acid groups (broad SMARTS) is 1. The van der Waals surface area contributed by atoms with Gasteiger partial charge in [-0.05, 0) is 19.3 Å². The van der Waals surface area contributed by atoms with Gasteiger partial charge >= 0.3 is 35.5 Å². The average molecular weight is 278 g/mol. The molecule has 0 fully saturated rings. The van der Waals surface area contributed by atoms with E-state index in [1.165, 1.54) is 6.08 Å². The average Bonchev–Trinajstić information content (AvgIpc) is 2.35. The van der Waals surface area contributed by atoms with Crippen molar-refractivity contribution in [1.82, 2.24) is 0 Å². The maximum absolute atomic E-state index is 10.7. The summed E-state index contributed by atoms with van der Waals surface area (Å²) >= 11 is 0. The topological polar surface area (TPSA) is 66.4 Å². The Labute approximate surface area is 137 Å². The normalized spacial score (nSPS) is 9.47. The van der Waals surface area contributed by atoms with Crippen molar-refractivity contribution < 1.29 is 49.0 Å². The van der Waals surface area contributed by atoms with Gasteiger partial charge in [0.2, 0.25) is 0 Å². The minimum atomic E-state index is -0.955. The molecule has 0 saturated heterocycles. The van der Waals surface area contributed by atoms with Gasteiger partial charge in [-0.1, -0.05) is 45.1 Å². The third-order valence-electron chi connectivity index (χ3n) is 2.69. The van der Waals surface area contributed by atoms with E-state index < -0.39 is 5.97 Å². The molecule has 0 aromatic rings. The molecular weight excluding hydrogens is 255 g/mol. The van der Waals surface area contributed by atoms with Crippen LogP contribution < -0.4 is 34.7 Å². The van der Waals surface area contributed by atoms with Crippen LogP contribution in [0.1, 0.15) is 57.8 Å². The van der Waals surface area contributed by atoms with Gasteiger partial charge in [0.1, 0.15) is 0 Å². The molecule has 0 aliphatic carbocycles. The third-order valence-corrected chi connectivity index (χ3v) is 2.69. The maximum Gasteiger partial charge on any atom is 1.00 e. The molecule has 0 aromatic heterocycles. The number of rotatable bonds is 12. The molecule has 0 aromatic carbocycles. The van der Waals surface area contributed by atoms with E-state index in [0.717, 1.165) is 51.4 Å². The van der Waals surface area contributed by atoms with Crippen molar-refractivity contribution in [3.05, 3.63) is 12.7 Å². The molecule has 4 nitrogen and oxygen atoms in total. The number of ether oxygens (including phenoxy) is 1. The summed E-state index contributed by atoms with van der Waals surface area (Å²) in [6.07, 6.45) is 9.49. The van der Waals surface area contributed by atoms with Gasteiger partial charge in [-0.15, -0.1) is 0 Å². The first-order valence-electron chi connectivity index (χ1n) is 6.66. The van der Waals surface area contributed by atoms with E-state index in [4.69, 9.17) is 4.74 Å². The number of unbranched alkanes of at least 4 members (excludes halogenated alkanes) is 7. The third kappa shape index (κ3) is 17.7. The Morgan fingerprint density at radius 2 is 1.42 bits per heavy atom. The van der Waals surface area contributed by atoms with Crippen LogP contribution in [0.15, 0.2) is 12.7 Å². The molecule has 0 radical (unpaired) electrons. The Bertz CT molecular complexity index is 254. The van der Waals surface area contributed by atoms with Gasteiger partial charge in [0, 0.05) is 12.0 Å². The summed E-state index contributed by atoms with van der Waals surface area (Å²) in [5, 5.41) is 10.2. The summed E-state index contributed by atoms with van der Waals surface area (Å²) in [5.41, 5.74) is 0. The number of hydrogen-bond donors (Lipinski definition) is 0. The second-order valence-corrected chi connectivity index (χ2v) is 4.32. The molecule has 0 bridgehead atoms. The van der Waals surface area contributed by atoms with Crippen molar-refractivity contribution in [1.29, 1.82) is 0 Å². The first-order chi connectivity index (χ1) is 8.66. The van der Waals surface area contributed by atoms with Gasteiger partial charge in [0.25, 0.3) is 0 Å². The molecule has 5 heteroatoms. The monoisotopic (exact) mass is 278 g/mol. The van der Waals surface area contributed by atoms with Gasteiger partial charge in [0.15, 0.2) is 0 Å². The van der Waals surface area contributed by atoms with Gasteiger partial charge in [-0.25, -0.2) is 4.79 Å². The molecule has 0 saturated carbocycles. The van der Waals surface area contributed by atoms with Crippen LogP contribution in [-0.2, 0) is 14.3 Å². The van der Waals surface area contributed by atoms with Crippen LogP contribution >= 0.6 is 0 Å². The van der Waals surface area contributed by atoms with E-state index in [1.807, 2.05) is 0 Å². The molecule has 0 rings (SSSR count). The molecule has 0 atom stereocenters. The van der Waals surface area contributed by atoms with Gasteiger partial charge < -0.3 is 14.6 Å². The van der Waals surface area contributed by atoms with Crippen LogP contribution in [0.4, 0.5) is 0 Å². The number of esters is 1. The van der Waals surface area contributed by atoms with Gasteiger partial charge in [-0.2, -0.15) is 0 Å². The fourth-order valence-electron chi connectivity index (χ4n) is 1.66. The van der Waals surface area contributed by atoms with Crippen LogP contribution in [0.3, 0.4) is 0 Å². The largest absolute Gasteiger partial charge is 1.00 e. The van der Waals surface area contributed by atoms with Crippen LogP contribution in [0, 0.1) is 0 Å². The first kappa shape index (κ1) is 21.0. The summed E-state index contributed by atoms with van der Waals surface area (Å²) in [7, 11) is 0. The fraction of sp³-hybridized carbons (Fsp3) is 0.714. The minimum absolute atomic E-state index is 0. The summed E-state index contributed by atoms with van der Waals surface area (Å²) < 4.78 is 4.85. The van der Waals surface area contributed by atoms with Gasteiger partial charge in [0.05, 0.1) is 6.61 Å². The molecule has 104 valence electrons. The van der Waals surface area contributed by atoms with E-state index in [-0.39, 0.29) is 41.9 Å². The predicted molar refractivity (Wildman–Crippen MR) is 67.7 cm³/mol. The first-order valence-corrected chi connectivity index (χ1v) is 6.66. The molecule has 0 heterocycles. The second-order valence-electron chi connectivity index (χ2n) is 4.32. The molecule has 0 aliphatic rings. The molecular formula is C14H23NaO4. The van der Waals surface area contributed by atoms with E-state index in [2.05, 4.69) is 6.58 Å². The Balaban J connectivity index is 0. The van der Waals surface area contributed by atoms with Crippen molar-refractivity contribution in [2.75, 3.05) is 6.61 Å². The zero-order chi connectivity index (χ0) is 13.6. The predicted octanol–water partition coefficient (Wildman–Crippen LogP) is -1.02. The van der Waals surface area contributed by atoms with E-state index in [9.17, 15) is 14.7 Å². The number of hydrogen-bond acceptors (Lipinski definition) is 4. The summed E-state index contributed by atoms with van der Waals surface area (Å²) in [4.78, 5) is 20.9. The number of carbonyl (C=O) groups excluding carboxylic acids is 2. The second kappa shape index (κ2) is 15.7. The van der Waals surface area contributed by atoms with Crippen molar-refractivity contribution in [3.8, 4) is 0 Å². The summed E-state index contributed by atoms with van der Waals surface area (Å²) in [5.74, 6) is -1.31. The number of aliphatic carboxylic acids is 1. The SMILES string of the molecule is C=CC(=O)OCCCCCCCCCCC(=O)[O-].[Na+]. The van der Waals surface area contributed by atoms with E-state index in [0.29, 0.717) is 6.61 Å². The molecule has 0 unspecified atom stereocenters. The van der Waals surface area contributed by atoms with Crippen molar-refractivity contribution in [2.24, 2.45) is 0 Å². The zero-order valence-electron chi connectivity index (χ0n) is 12.0. The number of carbonyl (C=O) groups is 2. The van der Waals surface area contributed by atoms with Gasteiger partial charge in [-0.3, -0.25) is 0 Å². The quantitative estimate of drug-likeness (QED) is 0.198. The molecule has 0 amide bonds. The summed E-state index contributed by atoms with van der Waals surface area (Å²) in [6, 6.07) is 0. The minimum Gasteiger partial charge on any atom is -0.550 e.